The number of nitro groups is 1. The second kappa shape index (κ2) is 6.32. The van der Waals surface area contributed by atoms with E-state index in [0.29, 0.717) is 5.56 Å². The van der Waals surface area contributed by atoms with Crippen molar-refractivity contribution in [3.05, 3.63) is 64.4 Å². The van der Waals surface area contributed by atoms with Crippen LogP contribution >= 0.6 is 0 Å². The minimum atomic E-state index is -0.776. The van der Waals surface area contributed by atoms with Gasteiger partial charge in [-0.2, -0.15) is 0 Å². The highest BCUT2D eigenvalue weighted by Crippen LogP contribution is 2.24. The predicted molar refractivity (Wildman–Crippen MR) is 78.9 cm³/mol. The number of ether oxygens (including phenoxy) is 1. The first kappa shape index (κ1) is 15.4. The normalized spacial score (nSPS) is 11.9. The summed E-state index contributed by atoms with van der Waals surface area (Å²) in [4.78, 5) is 21.9. The third-order valence-corrected chi connectivity index (χ3v) is 3.12. The summed E-state index contributed by atoms with van der Waals surface area (Å²) >= 11 is 0. The van der Waals surface area contributed by atoms with Crippen LogP contribution in [0, 0.1) is 10.1 Å². The first-order chi connectivity index (χ1) is 11.5. The summed E-state index contributed by atoms with van der Waals surface area (Å²) < 4.78 is 15.6. The van der Waals surface area contributed by atoms with Crippen molar-refractivity contribution in [1.29, 1.82) is 0 Å². The van der Waals surface area contributed by atoms with E-state index >= 15 is 0 Å². The van der Waals surface area contributed by atoms with Crippen LogP contribution in [0.15, 0.2) is 51.5 Å². The highest BCUT2D eigenvalue weighted by atomic mass is 16.6. The maximum Gasteiger partial charge on any atom is 0.374 e. The lowest BCUT2D eigenvalue weighted by Crippen LogP contribution is -2.08. The summed E-state index contributed by atoms with van der Waals surface area (Å²) in [6, 6.07) is 8.70. The number of rotatable bonds is 5. The average Bonchev–Trinajstić information content (AvgIpc) is 3.26. The van der Waals surface area contributed by atoms with E-state index in [1.165, 1.54) is 36.6 Å². The molecule has 122 valence electrons. The standard InChI is InChI=1S/C15H11N3O6/c1-9(23-15(19)12-3-2-8-22-12)13-16-17-14(24-13)10-4-6-11(7-5-10)18(20)21/h2-9H,1H3/t9-/m0/s1. The molecule has 1 atom stereocenters. The van der Waals surface area contributed by atoms with Crippen molar-refractivity contribution in [2.24, 2.45) is 0 Å². The molecular weight excluding hydrogens is 318 g/mol. The molecule has 0 fully saturated rings. The van der Waals surface area contributed by atoms with Crippen LogP contribution in [0.4, 0.5) is 5.69 Å². The van der Waals surface area contributed by atoms with Gasteiger partial charge in [-0.15, -0.1) is 10.2 Å². The fourth-order valence-corrected chi connectivity index (χ4v) is 1.90. The molecule has 0 bridgehead atoms. The second-order valence-electron chi connectivity index (χ2n) is 4.77. The molecule has 0 amide bonds. The van der Waals surface area contributed by atoms with Crippen LogP contribution in [-0.4, -0.2) is 21.1 Å². The van der Waals surface area contributed by atoms with Crippen LogP contribution in [0.3, 0.4) is 0 Å². The van der Waals surface area contributed by atoms with Crippen molar-refractivity contribution in [3.63, 3.8) is 0 Å². The highest BCUT2D eigenvalue weighted by Gasteiger charge is 2.21. The van der Waals surface area contributed by atoms with Gasteiger partial charge in [-0.3, -0.25) is 10.1 Å². The van der Waals surface area contributed by atoms with Crippen molar-refractivity contribution in [2.45, 2.75) is 13.0 Å². The number of carbonyl (C=O) groups is 1. The summed E-state index contributed by atoms with van der Waals surface area (Å²) in [6.45, 7) is 1.58. The molecule has 0 aliphatic heterocycles. The number of benzene rings is 1. The zero-order chi connectivity index (χ0) is 17.1. The molecule has 9 heteroatoms. The van der Waals surface area contributed by atoms with Gasteiger partial charge in [0.25, 0.3) is 11.6 Å². The molecule has 24 heavy (non-hydrogen) atoms. The third-order valence-electron chi connectivity index (χ3n) is 3.12. The summed E-state index contributed by atoms with van der Waals surface area (Å²) in [5.74, 6) is -0.316. The van der Waals surface area contributed by atoms with Gasteiger partial charge in [0.15, 0.2) is 6.10 Å². The molecule has 0 aliphatic rings. The summed E-state index contributed by atoms with van der Waals surface area (Å²) in [7, 11) is 0. The Bertz CT molecular complexity index is 854. The van der Waals surface area contributed by atoms with E-state index in [1.807, 2.05) is 0 Å². The monoisotopic (exact) mass is 329 g/mol. The quantitative estimate of drug-likeness (QED) is 0.397. The lowest BCUT2D eigenvalue weighted by atomic mass is 10.2. The topological polar surface area (TPSA) is 122 Å². The lowest BCUT2D eigenvalue weighted by Gasteiger charge is -2.07. The number of esters is 1. The molecule has 2 aromatic heterocycles. The predicted octanol–water partition coefficient (Wildman–Crippen LogP) is 3.16. The van der Waals surface area contributed by atoms with Crippen molar-refractivity contribution in [3.8, 4) is 11.5 Å². The smallest absolute Gasteiger partial charge is 0.374 e. The Labute approximate surface area is 135 Å². The van der Waals surface area contributed by atoms with E-state index in [1.54, 1.807) is 13.0 Å². The fourth-order valence-electron chi connectivity index (χ4n) is 1.90. The van der Waals surface area contributed by atoms with Gasteiger partial charge >= 0.3 is 5.97 Å². The average molecular weight is 329 g/mol. The number of non-ortho nitro benzene ring substituents is 1. The van der Waals surface area contributed by atoms with Crippen LogP contribution < -0.4 is 0 Å². The SMILES string of the molecule is C[C@H](OC(=O)c1ccco1)c1nnc(-c2ccc([N+](=O)[O-])cc2)o1. The Morgan fingerprint density at radius 2 is 2.00 bits per heavy atom. The Morgan fingerprint density at radius 3 is 2.62 bits per heavy atom. The molecule has 0 saturated carbocycles. The van der Waals surface area contributed by atoms with Gasteiger partial charge in [0.05, 0.1) is 11.2 Å². The second-order valence-corrected chi connectivity index (χ2v) is 4.77. The maximum absolute atomic E-state index is 11.8. The zero-order valence-corrected chi connectivity index (χ0v) is 12.4. The number of hydrogen-bond donors (Lipinski definition) is 0. The number of furan rings is 1. The number of hydrogen-bond acceptors (Lipinski definition) is 8. The third kappa shape index (κ3) is 3.14. The van der Waals surface area contributed by atoms with Crippen LogP contribution in [0.1, 0.15) is 29.5 Å². The molecule has 0 radical (unpaired) electrons. The number of aromatic nitrogens is 2. The molecule has 0 spiro atoms. The van der Waals surface area contributed by atoms with Gasteiger partial charge in [-0.25, -0.2) is 4.79 Å². The summed E-state index contributed by atoms with van der Waals surface area (Å²) in [5, 5.41) is 18.3. The molecule has 3 rings (SSSR count). The van der Waals surface area contributed by atoms with Crippen molar-refractivity contribution in [2.75, 3.05) is 0 Å². The molecular formula is C15H11N3O6. The number of nitrogens with zero attached hydrogens (tertiary/aromatic N) is 3. The van der Waals surface area contributed by atoms with Crippen molar-refractivity contribution >= 4 is 11.7 Å². The van der Waals surface area contributed by atoms with Gasteiger partial charge in [-0.1, -0.05) is 0 Å². The number of nitro benzene ring substituents is 1. The van der Waals surface area contributed by atoms with Gasteiger partial charge < -0.3 is 13.6 Å². The van der Waals surface area contributed by atoms with E-state index in [-0.39, 0.29) is 23.2 Å². The van der Waals surface area contributed by atoms with Gasteiger partial charge in [-0.05, 0) is 31.2 Å². The van der Waals surface area contributed by atoms with E-state index in [2.05, 4.69) is 10.2 Å². The number of carbonyl (C=O) groups excluding carboxylic acids is 1. The van der Waals surface area contributed by atoms with Crippen LogP contribution in [0.2, 0.25) is 0 Å². The fraction of sp³-hybridized carbons (Fsp3) is 0.133. The van der Waals surface area contributed by atoms with E-state index < -0.39 is 17.0 Å². The molecule has 9 nitrogen and oxygen atoms in total. The molecule has 0 unspecified atom stereocenters. The zero-order valence-electron chi connectivity index (χ0n) is 12.4. The van der Waals surface area contributed by atoms with Gasteiger partial charge in [0, 0.05) is 17.7 Å². The minimum Gasteiger partial charge on any atom is -0.457 e. The summed E-state index contributed by atoms with van der Waals surface area (Å²) in [6.07, 6.45) is 0.586. The highest BCUT2D eigenvalue weighted by molar-refractivity contribution is 5.86. The Balaban J connectivity index is 1.72. The Morgan fingerprint density at radius 1 is 1.25 bits per heavy atom. The van der Waals surface area contributed by atoms with Crippen LogP contribution in [-0.2, 0) is 4.74 Å². The maximum atomic E-state index is 11.8. The van der Waals surface area contributed by atoms with Gasteiger partial charge in [0.2, 0.25) is 11.7 Å². The Hall–Kier alpha value is -3.49. The van der Waals surface area contributed by atoms with Crippen molar-refractivity contribution in [1.82, 2.24) is 10.2 Å². The molecule has 3 aromatic rings. The first-order valence-corrected chi connectivity index (χ1v) is 6.87. The molecule has 2 heterocycles. The van der Waals surface area contributed by atoms with E-state index in [9.17, 15) is 14.9 Å². The Kier molecular flexibility index (Phi) is 4.06. The molecule has 0 saturated heterocycles. The summed E-state index contributed by atoms with van der Waals surface area (Å²) in [5.41, 5.74) is 0.475. The minimum absolute atomic E-state index is 0.0424. The molecule has 0 N–H and O–H groups in total. The largest absolute Gasteiger partial charge is 0.457 e. The van der Waals surface area contributed by atoms with Crippen LogP contribution in [0.25, 0.3) is 11.5 Å². The van der Waals surface area contributed by atoms with E-state index in [4.69, 9.17) is 13.6 Å². The van der Waals surface area contributed by atoms with Gasteiger partial charge in [0.1, 0.15) is 0 Å². The molecule has 1 aromatic carbocycles. The van der Waals surface area contributed by atoms with Crippen LogP contribution in [0.5, 0.6) is 0 Å². The first-order valence-electron chi connectivity index (χ1n) is 6.87. The molecule has 0 aliphatic carbocycles. The lowest BCUT2D eigenvalue weighted by molar-refractivity contribution is -0.384. The van der Waals surface area contributed by atoms with Crippen molar-refractivity contribution < 1.29 is 23.3 Å². The van der Waals surface area contributed by atoms with E-state index in [0.717, 1.165) is 0 Å².